The van der Waals surface area contributed by atoms with Gasteiger partial charge in [0.25, 0.3) is 5.91 Å². The molecule has 26 heavy (non-hydrogen) atoms. The summed E-state index contributed by atoms with van der Waals surface area (Å²) in [7, 11) is -3.13. The van der Waals surface area contributed by atoms with Gasteiger partial charge in [-0.1, -0.05) is 11.6 Å². The number of rotatable bonds is 4. The molecule has 2 N–H and O–H groups in total. The maximum Gasteiger partial charge on any atom is 0.268 e. The first-order valence-corrected chi connectivity index (χ1v) is 11.1. The Balaban J connectivity index is 1.45. The van der Waals surface area contributed by atoms with E-state index in [1.807, 2.05) is 18.2 Å². The van der Waals surface area contributed by atoms with Crippen molar-refractivity contribution in [3.63, 3.8) is 0 Å². The summed E-state index contributed by atoms with van der Waals surface area (Å²) in [4.78, 5) is 15.9. The lowest BCUT2D eigenvalue weighted by molar-refractivity contribution is 0.0891. The monoisotopic (exact) mass is 395 g/mol. The third kappa shape index (κ3) is 3.35. The molecule has 1 aromatic carbocycles. The minimum absolute atomic E-state index is 0.111. The van der Waals surface area contributed by atoms with Crippen molar-refractivity contribution in [1.29, 1.82) is 0 Å². The number of nitrogens with zero attached hydrogens (tertiary/aromatic N) is 1. The highest BCUT2D eigenvalue weighted by Crippen LogP contribution is 2.47. The van der Waals surface area contributed by atoms with E-state index >= 15 is 0 Å². The highest BCUT2D eigenvalue weighted by molar-refractivity contribution is 7.88. The van der Waals surface area contributed by atoms with E-state index < -0.39 is 10.0 Å². The predicted molar refractivity (Wildman–Crippen MR) is 102 cm³/mol. The molecular weight excluding hydrogens is 374 g/mol. The Labute approximate surface area is 157 Å². The second-order valence-corrected chi connectivity index (χ2v) is 9.88. The fourth-order valence-electron chi connectivity index (χ4n) is 4.03. The van der Waals surface area contributed by atoms with Crippen molar-refractivity contribution in [3.05, 3.63) is 35.0 Å². The first-order valence-electron chi connectivity index (χ1n) is 8.83. The van der Waals surface area contributed by atoms with Gasteiger partial charge in [0.05, 0.1) is 6.26 Å². The third-order valence-corrected chi connectivity index (χ3v) is 7.22. The summed E-state index contributed by atoms with van der Waals surface area (Å²) in [5, 5.41) is 4.76. The molecule has 2 aliphatic rings. The van der Waals surface area contributed by atoms with Crippen LogP contribution in [0, 0.1) is 5.92 Å². The SMILES string of the molecule is CS(=O)(=O)N1CCC(C2(NC(=O)c3cc4cc(Cl)ccc4[nH]3)CC2)CC1. The first-order chi connectivity index (χ1) is 12.3. The summed E-state index contributed by atoms with van der Waals surface area (Å²) >= 11 is 6.01. The minimum Gasteiger partial charge on any atom is -0.351 e. The van der Waals surface area contributed by atoms with Gasteiger partial charge in [0.15, 0.2) is 0 Å². The number of fused-ring (bicyclic) bond motifs is 1. The molecule has 1 aliphatic carbocycles. The molecule has 140 valence electrons. The Hall–Kier alpha value is -1.57. The van der Waals surface area contributed by atoms with E-state index in [-0.39, 0.29) is 11.4 Å². The molecule has 8 heteroatoms. The van der Waals surface area contributed by atoms with Crippen molar-refractivity contribution in [2.45, 2.75) is 31.2 Å². The van der Waals surface area contributed by atoms with Gasteiger partial charge in [0, 0.05) is 34.6 Å². The molecule has 0 bridgehead atoms. The second-order valence-electron chi connectivity index (χ2n) is 7.46. The zero-order chi connectivity index (χ0) is 18.5. The molecule has 2 aromatic rings. The molecule has 0 radical (unpaired) electrons. The van der Waals surface area contributed by atoms with E-state index in [4.69, 9.17) is 11.6 Å². The topological polar surface area (TPSA) is 82.3 Å². The summed E-state index contributed by atoms with van der Waals surface area (Å²) in [5.41, 5.74) is 1.23. The van der Waals surface area contributed by atoms with E-state index in [0.29, 0.717) is 29.7 Å². The number of piperidine rings is 1. The Kier molecular flexibility index (Phi) is 4.28. The first kappa shape index (κ1) is 17.8. The fraction of sp³-hybridized carbons (Fsp3) is 0.500. The number of sulfonamides is 1. The Morgan fingerprint density at radius 2 is 1.96 bits per heavy atom. The lowest BCUT2D eigenvalue weighted by atomic mass is 9.88. The van der Waals surface area contributed by atoms with Gasteiger partial charge in [-0.3, -0.25) is 4.79 Å². The molecule has 0 spiro atoms. The van der Waals surface area contributed by atoms with Crippen LogP contribution in [0.3, 0.4) is 0 Å². The number of H-pyrrole nitrogens is 1. The number of hydrogen-bond acceptors (Lipinski definition) is 3. The molecule has 1 saturated carbocycles. The minimum atomic E-state index is -3.13. The summed E-state index contributed by atoms with van der Waals surface area (Å²) in [5.74, 6) is 0.212. The molecule has 1 aromatic heterocycles. The number of halogens is 1. The van der Waals surface area contributed by atoms with Crippen LogP contribution in [0.4, 0.5) is 0 Å². The normalized spacial score (nSPS) is 21.0. The van der Waals surface area contributed by atoms with E-state index in [1.165, 1.54) is 10.6 Å². The van der Waals surface area contributed by atoms with Gasteiger partial charge in [0.2, 0.25) is 10.0 Å². The average molecular weight is 396 g/mol. The summed E-state index contributed by atoms with van der Waals surface area (Å²) in [6.45, 7) is 1.07. The van der Waals surface area contributed by atoms with E-state index in [1.54, 1.807) is 6.07 Å². The number of carbonyl (C=O) groups excluding carboxylic acids is 1. The number of carbonyl (C=O) groups is 1. The Morgan fingerprint density at radius 3 is 2.58 bits per heavy atom. The lowest BCUT2D eigenvalue weighted by Gasteiger charge is -2.35. The van der Waals surface area contributed by atoms with Crippen LogP contribution in [0.1, 0.15) is 36.2 Å². The third-order valence-electron chi connectivity index (χ3n) is 5.68. The Morgan fingerprint density at radius 1 is 1.27 bits per heavy atom. The molecular formula is C18H22ClN3O3S. The van der Waals surface area contributed by atoms with Crippen LogP contribution < -0.4 is 5.32 Å². The number of benzene rings is 1. The van der Waals surface area contributed by atoms with Gasteiger partial charge in [-0.2, -0.15) is 0 Å². The van der Waals surface area contributed by atoms with Crippen molar-refractivity contribution in [2.75, 3.05) is 19.3 Å². The van der Waals surface area contributed by atoms with Crippen LogP contribution in [-0.4, -0.2) is 48.5 Å². The van der Waals surface area contributed by atoms with E-state index in [2.05, 4.69) is 10.3 Å². The second kappa shape index (κ2) is 6.25. The van der Waals surface area contributed by atoms with Crippen molar-refractivity contribution in [1.82, 2.24) is 14.6 Å². The Bertz CT molecular complexity index is 957. The standard InChI is InChI=1S/C18H22ClN3O3S/c1-26(24,25)22-8-4-13(5-9-22)18(6-7-18)21-17(23)16-11-12-10-14(19)2-3-15(12)20-16/h2-3,10-11,13,20H,4-9H2,1H3,(H,21,23). The molecule has 4 rings (SSSR count). The number of hydrogen-bond donors (Lipinski definition) is 2. The molecule has 6 nitrogen and oxygen atoms in total. The fourth-order valence-corrected chi connectivity index (χ4v) is 5.08. The quantitative estimate of drug-likeness (QED) is 0.835. The van der Waals surface area contributed by atoms with Crippen molar-refractivity contribution < 1.29 is 13.2 Å². The van der Waals surface area contributed by atoms with Gasteiger partial charge in [-0.05, 0) is 55.9 Å². The van der Waals surface area contributed by atoms with Gasteiger partial charge < -0.3 is 10.3 Å². The largest absolute Gasteiger partial charge is 0.351 e. The van der Waals surface area contributed by atoms with Crippen LogP contribution >= 0.6 is 11.6 Å². The molecule has 1 saturated heterocycles. The summed E-state index contributed by atoms with van der Waals surface area (Å²) in [6.07, 6.45) is 4.73. The highest BCUT2D eigenvalue weighted by Gasteiger charge is 2.51. The smallest absolute Gasteiger partial charge is 0.268 e. The maximum atomic E-state index is 12.7. The molecule has 0 atom stereocenters. The molecule has 1 amide bonds. The number of aromatic amines is 1. The highest BCUT2D eigenvalue weighted by atomic mass is 35.5. The maximum absolute atomic E-state index is 12.7. The van der Waals surface area contributed by atoms with Gasteiger partial charge >= 0.3 is 0 Å². The lowest BCUT2D eigenvalue weighted by Crippen LogP contribution is -2.48. The van der Waals surface area contributed by atoms with Gasteiger partial charge in [-0.25, -0.2) is 12.7 Å². The van der Waals surface area contributed by atoms with E-state index in [0.717, 1.165) is 36.6 Å². The summed E-state index contributed by atoms with van der Waals surface area (Å²) in [6, 6.07) is 7.30. The van der Waals surface area contributed by atoms with Crippen molar-refractivity contribution in [3.8, 4) is 0 Å². The number of nitrogens with one attached hydrogen (secondary N) is 2. The van der Waals surface area contributed by atoms with E-state index in [9.17, 15) is 13.2 Å². The van der Waals surface area contributed by atoms with Gasteiger partial charge in [0.1, 0.15) is 5.69 Å². The van der Waals surface area contributed by atoms with Crippen molar-refractivity contribution in [2.24, 2.45) is 5.92 Å². The average Bonchev–Trinajstić information content (AvgIpc) is 3.24. The van der Waals surface area contributed by atoms with Gasteiger partial charge in [-0.15, -0.1) is 0 Å². The molecule has 2 fully saturated rings. The zero-order valence-corrected chi connectivity index (χ0v) is 16.2. The zero-order valence-electron chi connectivity index (χ0n) is 14.6. The van der Waals surface area contributed by atoms with Crippen LogP contribution in [0.15, 0.2) is 24.3 Å². The number of aromatic nitrogens is 1. The van der Waals surface area contributed by atoms with Crippen molar-refractivity contribution >= 4 is 38.4 Å². The summed E-state index contributed by atoms with van der Waals surface area (Å²) < 4.78 is 24.9. The predicted octanol–water partition coefficient (Wildman–Crippen LogP) is 2.76. The van der Waals surface area contributed by atoms with Crippen LogP contribution in [0.5, 0.6) is 0 Å². The molecule has 1 aliphatic heterocycles. The molecule has 0 unspecified atom stereocenters. The van der Waals surface area contributed by atoms with Crippen LogP contribution in [0.2, 0.25) is 5.02 Å². The van der Waals surface area contributed by atoms with Crippen LogP contribution in [0.25, 0.3) is 10.9 Å². The number of amides is 1. The van der Waals surface area contributed by atoms with Crippen LogP contribution in [-0.2, 0) is 10.0 Å². The molecule has 2 heterocycles.